The highest BCUT2D eigenvalue weighted by Gasteiger charge is 2.10. The Labute approximate surface area is 160 Å². The van der Waals surface area contributed by atoms with E-state index in [9.17, 15) is 0 Å². The number of nitrogen functional groups attached to an aromatic ring is 1. The molecule has 5 nitrogen and oxygen atoms in total. The molecule has 26 heavy (non-hydrogen) atoms. The summed E-state index contributed by atoms with van der Waals surface area (Å²) in [6, 6.07) is 7.37. The number of allylic oxidation sites excluding steroid dienone is 2. The third-order valence-corrected chi connectivity index (χ3v) is 4.09. The summed E-state index contributed by atoms with van der Waals surface area (Å²) in [5.74, 6) is 0.0231. The molecule has 0 spiro atoms. The van der Waals surface area contributed by atoms with E-state index in [1.54, 1.807) is 19.2 Å². The van der Waals surface area contributed by atoms with E-state index >= 15 is 0 Å². The number of nitrogens with one attached hydrogen (secondary N) is 1. The Balaban J connectivity index is 0.000000474. The first-order chi connectivity index (χ1) is 12.3. The van der Waals surface area contributed by atoms with Crippen LogP contribution in [0.25, 0.3) is 0 Å². The topological polar surface area (TPSA) is 103 Å². The number of para-hydroxylation sites is 1. The van der Waals surface area contributed by atoms with E-state index in [0.29, 0.717) is 16.4 Å². The largest absolute Gasteiger partial charge is 0.510 e. The third-order valence-electron chi connectivity index (χ3n) is 3.16. The molecule has 0 saturated heterocycles. The molecule has 0 aliphatic rings. The number of hydrogen-bond donors (Lipinski definition) is 4. The third kappa shape index (κ3) is 9.15. The maximum atomic E-state index is 8.28. The molecule has 1 heterocycles. The number of rotatable bonds is 4. The Morgan fingerprint density at radius 1 is 1.38 bits per heavy atom. The van der Waals surface area contributed by atoms with Crippen LogP contribution in [0.3, 0.4) is 0 Å². The summed E-state index contributed by atoms with van der Waals surface area (Å²) in [4.78, 5) is 5.27. The van der Waals surface area contributed by atoms with Gasteiger partial charge in [0.15, 0.2) is 0 Å². The van der Waals surface area contributed by atoms with Crippen molar-refractivity contribution in [1.82, 2.24) is 4.98 Å². The van der Waals surface area contributed by atoms with Crippen LogP contribution in [-0.4, -0.2) is 27.5 Å². The molecule has 2 aromatic rings. The van der Waals surface area contributed by atoms with E-state index in [4.69, 9.17) is 21.4 Å². The van der Waals surface area contributed by atoms with Gasteiger partial charge in [-0.25, -0.2) is 4.98 Å². The number of anilines is 1. The highest BCUT2D eigenvalue weighted by Crippen LogP contribution is 2.19. The van der Waals surface area contributed by atoms with Crippen molar-refractivity contribution in [1.29, 1.82) is 5.41 Å². The first-order valence-electron chi connectivity index (χ1n) is 8.22. The van der Waals surface area contributed by atoms with Crippen LogP contribution in [0.15, 0.2) is 54.4 Å². The summed E-state index contributed by atoms with van der Waals surface area (Å²) in [5, 5.41) is 25.0. The van der Waals surface area contributed by atoms with Gasteiger partial charge in [0.1, 0.15) is 10.8 Å². The molecule has 1 aromatic carbocycles. The van der Waals surface area contributed by atoms with Gasteiger partial charge in [-0.15, -0.1) is 17.9 Å². The molecule has 0 bridgehead atoms. The lowest BCUT2D eigenvalue weighted by Gasteiger charge is -2.03. The molecule has 0 atom stereocenters. The first kappa shape index (κ1) is 23.6. The Morgan fingerprint density at radius 3 is 2.31 bits per heavy atom. The summed E-state index contributed by atoms with van der Waals surface area (Å²) in [6.45, 7) is 11.2. The van der Waals surface area contributed by atoms with E-state index in [1.165, 1.54) is 23.0 Å². The standard InChI is InChI=1S/C11H11N3S.C5H10.C4H8O2/c1-7-6-14-11(15-7)10(13)8-4-2-3-5-9(8)12;1-4-5(2)3;1-2-4(6)3-5/h2-6,13H,12H2,1H3;2,4H2,1,3H3;2,5-6H,3H2,1H3/b;;4-2+. The fraction of sp³-hybridized carbons (Fsp3) is 0.300. The van der Waals surface area contributed by atoms with Gasteiger partial charge in [-0.1, -0.05) is 30.7 Å². The highest BCUT2D eigenvalue weighted by molar-refractivity contribution is 7.13. The number of nitrogens with zero attached hydrogens (tertiary/aromatic N) is 1. The Kier molecular flexibility index (Phi) is 11.6. The van der Waals surface area contributed by atoms with Gasteiger partial charge in [-0.05, 0) is 39.3 Å². The summed E-state index contributed by atoms with van der Waals surface area (Å²) in [5.41, 5.74) is 8.81. The van der Waals surface area contributed by atoms with Crippen LogP contribution < -0.4 is 5.73 Å². The van der Waals surface area contributed by atoms with E-state index in [-0.39, 0.29) is 12.4 Å². The van der Waals surface area contributed by atoms with E-state index < -0.39 is 0 Å². The van der Waals surface area contributed by atoms with Crippen LogP contribution in [0.5, 0.6) is 0 Å². The van der Waals surface area contributed by atoms with E-state index in [0.717, 1.165) is 16.9 Å². The quantitative estimate of drug-likeness (QED) is 0.265. The molecule has 0 fully saturated rings. The second-order valence-electron chi connectivity index (χ2n) is 5.49. The predicted molar refractivity (Wildman–Crippen MR) is 112 cm³/mol. The molecule has 0 aliphatic carbocycles. The van der Waals surface area contributed by atoms with Gasteiger partial charge in [-0.2, -0.15) is 0 Å². The maximum Gasteiger partial charge on any atom is 0.142 e. The molecule has 2 rings (SSSR count). The maximum absolute atomic E-state index is 8.28. The van der Waals surface area contributed by atoms with Gasteiger partial charge >= 0.3 is 0 Å². The molecule has 6 heteroatoms. The fourth-order valence-electron chi connectivity index (χ4n) is 1.40. The van der Waals surface area contributed by atoms with Crippen LogP contribution in [0, 0.1) is 12.3 Å². The monoisotopic (exact) mass is 375 g/mol. The number of aliphatic hydroxyl groups excluding tert-OH is 2. The summed E-state index contributed by atoms with van der Waals surface area (Å²) in [6.07, 6.45) is 4.33. The van der Waals surface area contributed by atoms with Crippen molar-refractivity contribution in [2.24, 2.45) is 0 Å². The summed E-state index contributed by atoms with van der Waals surface area (Å²) in [7, 11) is 0. The van der Waals surface area contributed by atoms with Crippen LogP contribution in [-0.2, 0) is 0 Å². The van der Waals surface area contributed by atoms with Crippen LogP contribution in [0.2, 0.25) is 0 Å². The molecular formula is C20H29N3O2S. The number of benzene rings is 1. The second kappa shape index (κ2) is 12.9. The van der Waals surface area contributed by atoms with Crippen molar-refractivity contribution in [3.05, 3.63) is 69.9 Å². The zero-order chi connectivity index (χ0) is 20.1. The average molecular weight is 376 g/mol. The van der Waals surface area contributed by atoms with Gasteiger partial charge in [0.2, 0.25) is 0 Å². The number of hydrogen-bond acceptors (Lipinski definition) is 6. The molecule has 0 saturated carbocycles. The minimum absolute atomic E-state index is 0.0231. The Morgan fingerprint density at radius 2 is 1.96 bits per heavy atom. The van der Waals surface area contributed by atoms with E-state index in [1.807, 2.05) is 32.0 Å². The van der Waals surface area contributed by atoms with Gasteiger partial charge in [0.05, 0.1) is 12.3 Å². The van der Waals surface area contributed by atoms with Gasteiger partial charge < -0.3 is 15.9 Å². The average Bonchev–Trinajstić information content (AvgIpc) is 3.08. The number of thiazole rings is 1. The van der Waals surface area contributed by atoms with Crippen molar-refractivity contribution in [3.8, 4) is 0 Å². The zero-order valence-electron chi connectivity index (χ0n) is 15.9. The minimum Gasteiger partial charge on any atom is -0.510 e. The normalized spacial score (nSPS) is 10.1. The predicted octanol–water partition coefficient (Wildman–Crippen LogP) is 4.86. The van der Waals surface area contributed by atoms with E-state index in [2.05, 4.69) is 18.5 Å². The van der Waals surface area contributed by atoms with Gasteiger partial charge in [0.25, 0.3) is 0 Å². The molecule has 0 amide bonds. The van der Waals surface area contributed by atoms with Gasteiger partial charge in [-0.3, -0.25) is 5.41 Å². The van der Waals surface area contributed by atoms with Crippen molar-refractivity contribution < 1.29 is 10.2 Å². The van der Waals surface area contributed by atoms with Crippen LogP contribution in [0.4, 0.5) is 5.69 Å². The smallest absolute Gasteiger partial charge is 0.142 e. The fourth-order valence-corrected chi connectivity index (χ4v) is 2.13. The lowest BCUT2D eigenvalue weighted by molar-refractivity contribution is 0.253. The molecule has 1 aromatic heterocycles. The lowest BCUT2D eigenvalue weighted by atomic mass is 10.1. The van der Waals surface area contributed by atoms with Crippen LogP contribution in [0.1, 0.15) is 42.6 Å². The zero-order valence-corrected chi connectivity index (χ0v) is 16.7. The molecular weight excluding hydrogens is 346 g/mol. The van der Waals surface area contributed by atoms with Gasteiger partial charge in [0, 0.05) is 22.3 Å². The number of aryl methyl sites for hydroxylation is 1. The lowest BCUT2D eigenvalue weighted by Crippen LogP contribution is -2.04. The van der Waals surface area contributed by atoms with Crippen LogP contribution >= 0.6 is 11.3 Å². The Bertz CT molecular complexity index is 736. The van der Waals surface area contributed by atoms with Crippen molar-refractivity contribution in [3.63, 3.8) is 0 Å². The summed E-state index contributed by atoms with van der Waals surface area (Å²) < 4.78 is 0. The number of aliphatic hydroxyl groups is 2. The van der Waals surface area contributed by atoms with Crippen molar-refractivity contribution >= 4 is 22.7 Å². The van der Waals surface area contributed by atoms with Crippen molar-refractivity contribution in [2.45, 2.75) is 34.1 Å². The molecule has 0 aliphatic heterocycles. The number of nitrogens with two attached hydrogens (primary N) is 1. The molecule has 0 radical (unpaired) electrons. The SMILES string of the molecule is C/C=C(/O)CO.C=C(C)CC.Cc1cnc(C(=N)c2ccccc2N)s1. The highest BCUT2D eigenvalue weighted by atomic mass is 32.1. The summed E-state index contributed by atoms with van der Waals surface area (Å²) >= 11 is 1.51. The Hall–Kier alpha value is -2.44. The minimum atomic E-state index is -0.253. The first-order valence-corrected chi connectivity index (χ1v) is 9.03. The molecule has 0 unspecified atom stereocenters. The molecule has 5 N–H and O–H groups in total. The van der Waals surface area contributed by atoms with Crippen molar-refractivity contribution in [2.75, 3.05) is 12.3 Å². The molecule has 142 valence electrons. The second-order valence-corrected chi connectivity index (χ2v) is 6.72. The number of aromatic nitrogens is 1.